The van der Waals surface area contributed by atoms with Crippen molar-refractivity contribution in [3.63, 3.8) is 0 Å². The van der Waals surface area contributed by atoms with Crippen molar-refractivity contribution in [3.05, 3.63) is 102 Å². The lowest BCUT2D eigenvalue weighted by Gasteiger charge is -2.13. The maximum Gasteiger partial charge on any atom is 0.272 e. The number of H-pyrrole nitrogens is 1. The molecule has 3 amide bonds. The molecule has 3 aromatic carbocycles. The van der Waals surface area contributed by atoms with E-state index in [0.29, 0.717) is 21.5 Å². The van der Waals surface area contributed by atoms with Gasteiger partial charge in [-0.3, -0.25) is 19.7 Å². The summed E-state index contributed by atoms with van der Waals surface area (Å²) in [4.78, 5) is 47.6. The average Bonchev–Trinajstić information content (AvgIpc) is 3.64. The molecule has 1 unspecified atom stereocenters. The van der Waals surface area contributed by atoms with Gasteiger partial charge in [0.1, 0.15) is 5.70 Å². The molecule has 1 atom stereocenters. The molecular formula is C31H28N6O3S3. The van der Waals surface area contributed by atoms with Gasteiger partial charge in [-0.1, -0.05) is 61.2 Å². The Morgan fingerprint density at radius 1 is 1.00 bits per heavy atom. The summed E-state index contributed by atoms with van der Waals surface area (Å²) < 4.78 is 4.23. The Morgan fingerprint density at radius 3 is 2.60 bits per heavy atom. The molecule has 0 fully saturated rings. The summed E-state index contributed by atoms with van der Waals surface area (Å²) in [7, 11) is 0. The third kappa shape index (κ3) is 7.92. The Bertz CT molecular complexity index is 1780. The lowest BCUT2D eigenvalue weighted by molar-refractivity contribution is -0.115. The first-order valence-corrected chi connectivity index (χ1v) is 16.0. The van der Waals surface area contributed by atoms with E-state index >= 15 is 0 Å². The van der Waals surface area contributed by atoms with Crippen molar-refractivity contribution in [2.75, 3.05) is 16.4 Å². The first-order chi connectivity index (χ1) is 20.9. The van der Waals surface area contributed by atoms with E-state index in [-0.39, 0.29) is 11.6 Å². The van der Waals surface area contributed by atoms with Crippen LogP contribution in [-0.2, 0) is 9.59 Å². The van der Waals surface area contributed by atoms with Crippen LogP contribution in [0.5, 0.6) is 0 Å². The Hall–Kier alpha value is -4.39. The van der Waals surface area contributed by atoms with Gasteiger partial charge in [0.25, 0.3) is 11.8 Å². The Balaban J connectivity index is 1.31. The van der Waals surface area contributed by atoms with Gasteiger partial charge in [0, 0.05) is 50.3 Å². The van der Waals surface area contributed by atoms with Crippen molar-refractivity contribution in [1.82, 2.24) is 19.7 Å². The van der Waals surface area contributed by atoms with Crippen LogP contribution in [0.4, 0.5) is 10.8 Å². The summed E-state index contributed by atoms with van der Waals surface area (Å²) in [5.41, 5.74) is 2.71. The molecule has 0 bridgehead atoms. The number of anilines is 2. The van der Waals surface area contributed by atoms with E-state index in [9.17, 15) is 14.4 Å². The van der Waals surface area contributed by atoms with E-state index in [1.165, 1.54) is 23.5 Å². The highest BCUT2D eigenvalue weighted by Gasteiger charge is 2.19. The molecular weight excluding hydrogens is 601 g/mol. The summed E-state index contributed by atoms with van der Waals surface area (Å²) in [5.74, 6) is -0.235. The fourth-order valence-corrected chi connectivity index (χ4v) is 6.27. The van der Waals surface area contributed by atoms with Gasteiger partial charge in [0.05, 0.1) is 5.25 Å². The topological polar surface area (TPSA) is 129 Å². The summed E-state index contributed by atoms with van der Waals surface area (Å²) in [6, 6.07) is 23.6. The van der Waals surface area contributed by atoms with Crippen LogP contribution in [0.15, 0.2) is 101 Å². The van der Waals surface area contributed by atoms with Crippen molar-refractivity contribution < 1.29 is 14.4 Å². The number of rotatable bonds is 11. The predicted octanol–water partition coefficient (Wildman–Crippen LogP) is 6.66. The number of nitrogens with zero attached hydrogens (tertiary/aromatic N) is 2. The van der Waals surface area contributed by atoms with Crippen LogP contribution in [0.1, 0.15) is 29.8 Å². The van der Waals surface area contributed by atoms with E-state index in [0.717, 1.165) is 38.6 Å². The van der Waals surface area contributed by atoms with E-state index < -0.39 is 17.1 Å². The maximum atomic E-state index is 13.5. The number of nitrogens with one attached hydrogen (secondary N) is 4. The summed E-state index contributed by atoms with van der Waals surface area (Å²) in [6.07, 6.45) is 3.44. The predicted molar refractivity (Wildman–Crippen MR) is 176 cm³/mol. The van der Waals surface area contributed by atoms with Gasteiger partial charge in [0.2, 0.25) is 16.2 Å². The Labute approximate surface area is 261 Å². The minimum atomic E-state index is -0.487. The molecule has 5 rings (SSSR count). The maximum absolute atomic E-state index is 13.5. The van der Waals surface area contributed by atoms with Crippen molar-refractivity contribution >= 4 is 80.6 Å². The van der Waals surface area contributed by atoms with E-state index in [1.807, 2.05) is 43.3 Å². The molecule has 0 saturated carbocycles. The van der Waals surface area contributed by atoms with Crippen LogP contribution in [0.25, 0.3) is 17.0 Å². The number of thioether (sulfide) groups is 2. The van der Waals surface area contributed by atoms with Crippen LogP contribution in [-0.4, -0.2) is 43.1 Å². The number of fused-ring (bicyclic) bond motifs is 1. The monoisotopic (exact) mass is 628 g/mol. The van der Waals surface area contributed by atoms with Crippen LogP contribution in [0, 0.1) is 0 Å². The first-order valence-electron chi connectivity index (χ1n) is 13.4. The second-order valence-electron chi connectivity index (χ2n) is 9.21. The van der Waals surface area contributed by atoms with Gasteiger partial charge in [-0.05, 0) is 55.2 Å². The van der Waals surface area contributed by atoms with Crippen molar-refractivity contribution in [2.24, 2.45) is 0 Å². The third-order valence-corrected chi connectivity index (χ3v) is 8.70. The summed E-state index contributed by atoms with van der Waals surface area (Å²) in [5, 5.41) is 10.1. The number of carbonyl (C=O) groups is 3. The molecule has 2 heterocycles. The van der Waals surface area contributed by atoms with Gasteiger partial charge < -0.3 is 15.6 Å². The highest BCUT2D eigenvalue weighted by atomic mass is 32.2. The molecule has 12 heteroatoms. The second-order valence-corrected chi connectivity index (χ2v) is 12.6. The number of para-hydroxylation sites is 1. The van der Waals surface area contributed by atoms with Crippen LogP contribution < -0.4 is 16.0 Å². The number of aromatic amines is 1. The molecule has 4 N–H and O–H groups in total. The fraction of sp³-hybridized carbons (Fsp3) is 0.129. The summed E-state index contributed by atoms with van der Waals surface area (Å²) in [6.45, 7) is 3.82. The molecule has 0 aliphatic rings. The molecule has 0 aliphatic heterocycles. The summed E-state index contributed by atoms with van der Waals surface area (Å²) >= 11 is 4.01. The van der Waals surface area contributed by atoms with E-state index in [1.54, 1.807) is 61.7 Å². The highest BCUT2D eigenvalue weighted by molar-refractivity contribution is 8.00. The van der Waals surface area contributed by atoms with Gasteiger partial charge in [0.15, 0.2) is 0 Å². The molecule has 9 nitrogen and oxygen atoms in total. The van der Waals surface area contributed by atoms with Gasteiger partial charge in [-0.25, -0.2) is 0 Å². The van der Waals surface area contributed by atoms with Crippen LogP contribution >= 0.6 is 35.1 Å². The lowest BCUT2D eigenvalue weighted by atomic mass is 10.1. The fourth-order valence-electron chi connectivity index (χ4n) is 4.07. The Kier molecular flexibility index (Phi) is 9.92. The second kappa shape index (κ2) is 14.2. The molecule has 5 aromatic rings. The van der Waals surface area contributed by atoms with E-state index in [4.69, 9.17) is 0 Å². The molecule has 0 spiro atoms. The normalized spacial score (nSPS) is 12.1. The zero-order chi connectivity index (χ0) is 30.2. The number of carbonyl (C=O) groups excluding carboxylic acids is 3. The highest BCUT2D eigenvalue weighted by Crippen LogP contribution is 2.28. The molecule has 0 radical (unpaired) electrons. The first kappa shape index (κ1) is 30.1. The zero-order valence-corrected chi connectivity index (χ0v) is 25.7. The van der Waals surface area contributed by atoms with Crippen molar-refractivity contribution in [2.45, 2.75) is 29.1 Å². The van der Waals surface area contributed by atoms with Crippen LogP contribution in [0.3, 0.4) is 0 Å². The molecule has 2 aromatic heterocycles. The van der Waals surface area contributed by atoms with Gasteiger partial charge >= 0.3 is 0 Å². The third-order valence-electron chi connectivity index (χ3n) is 6.13. The SMILES string of the molecule is CCSc1nsc(NC(=O)C(C)Sc2cccc(NC(=O)/C(=C/c3c[nH]c4ccccc34)NC(=O)c3ccccc3)c2)n1. The van der Waals surface area contributed by atoms with Gasteiger partial charge in [-0.2, -0.15) is 9.36 Å². The van der Waals surface area contributed by atoms with Gasteiger partial charge in [-0.15, -0.1) is 11.8 Å². The lowest BCUT2D eigenvalue weighted by Crippen LogP contribution is -2.30. The number of hydrogen-bond donors (Lipinski definition) is 4. The van der Waals surface area contributed by atoms with E-state index in [2.05, 4.69) is 30.3 Å². The standard InChI is InChI=1S/C31H28N6O3S3/c1-3-41-31-36-30(43-37-31)35-27(38)19(2)42-23-13-9-12-22(17-23)33-29(40)26(34-28(39)20-10-5-4-6-11-20)16-21-18-32-25-15-8-7-14-24(21)25/h4-19,32H,3H2,1-2H3,(H,33,40)(H,34,39)(H,35,36,37,38)/b26-16-. The molecule has 218 valence electrons. The average molecular weight is 629 g/mol. The number of hydrogen-bond acceptors (Lipinski definition) is 8. The number of aromatic nitrogens is 3. The molecule has 0 aliphatic carbocycles. The molecule has 0 saturated heterocycles. The number of amides is 3. The largest absolute Gasteiger partial charge is 0.361 e. The molecule has 43 heavy (non-hydrogen) atoms. The van der Waals surface area contributed by atoms with Crippen molar-refractivity contribution in [3.8, 4) is 0 Å². The van der Waals surface area contributed by atoms with Crippen LogP contribution in [0.2, 0.25) is 0 Å². The zero-order valence-electron chi connectivity index (χ0n) is 23.3. The van der Waals surface area contributed by atoms with Crippen molar-refractivity contribution in [1.29, 1.82) is 0 Å². The minimum absolute atomic E-state index is 0.0853. The quantitative estimate of drug-likeness (QED) is 0.0951. The minimum Gasteiger partial charge on any atom is -0.361 e. The number of benzene rings is 3. The Morgan fingerprint density at radius 2 is 1.79 bits per heavy atom. The smallest absolute Gasteiger partial charge is 0.272 e.